The van der Waals surface area contributed by atoms with Crippen LogP contribution in [-0.2, 0) is 4.74 Å². The van der Waals surface area contributed by atoms with Crippen LogP contribution in [0.15, 0.2) is 17.0 Å². The first-order valence-corrected chi connectivity index (χ1v) is 8.08. The fourth-order valence-electron chi connectivity index (χ4n) is 2.64. The van der Waals surface area contributed by atoms with Crippen molar-refractivity contribution in [3.8, 4) is 11.5 Å². The Morgan fingerprint density at radius 2 is 2.13 bits per heavy atom. The molecule has 1 saturated heterocycles. The molecule has 2 aromatic rings. The zero-order valence-corrected chi connectivity index (χ0v) is 12.9. The minimum atomic E-state index is 0.467. The molecule has 2 aromatic heterocycles. The average molecular weight is 316 g/mol. The lowest BCUT2D eigenvalue weighted by Gasteiger charge is -2.26. The predicted molar refractivity (Wildman–Crippen MR) is 83.0 cm³/mol. The summed E-state index contributed by atoms with van der Waals surface area (Å²) in [6, 6.07) is 0. The summed E-state index contributed by atoms with van der Waals surface area (Å²) in [5.74, 6) is 2.48. The highest BCUT2D eigenvalue weighted by Gasteiger charge is 2.29. The Labute approximate surface area is 134 Å². The van der Waals surface area contributed by atoms with Gasteiger partial charge >= 0.3 is 0 Å². The molecule has 1 aliphatic heterocycles. The monoisotopic (exact) mass is 316 g/mol. The molecule has 8 heteroatoms. The van der Waals surface area contributed by atoms with E-state index in [1.807, 2.05) is 0 Å². The van der Waals surface area contributed by atoms with Gasteiger partial charge in [0.1, 0.15) is 17.7 Å². The SMILES string of the molecule is c1ncc(-c2nc(C3CC3)no2)c(NCCN2CCOCC2)n1. The maximum absolute atomic E-state index is 5.38. The Morgan fingerprint density at radius 3 is 2.96 bits per heavy atom. The summed E-state index contributed by atoms with van der Waals surface area (Å²) in [6.45, 7) is 5.33. The number of nitrogens with zero attached hydrogens (tertiary/aromatic N) is 5. The van der Waals surface area contributed by atoms with E-state index in [-0.39, 0.29) is 0 Å². The minimum absolute atomic E-state index is 0.467. The molecule has 2 fully saturated rings. The number of hydrogen-bond donors (Lipinski definition) is 1. The van der Waals surface area contributed by atoms with Crippen molar-refractivity contribution in [1.82, 2.24) is 25.0 Å². The first-order chi connectivity index (χ1) is 11.4. The normalized spacial score (nSPS) is 19.0. The van der Waals surface area contributed by atoms with E-state index in [0.29, 0.717) is 11.8 Å². The third kappa shape index (κ3) is 3.48. The molecule has 0 unspecified atom stereocenters. The number of morpholine rings is 1. The predicted octanol–water partition coefficient (Wildman–Crippen LogP) is 1.15. The molecule has 0 aromatic carbocycles. The number of hydrogen-bond acceptors (Lipinski definition) is 8. The molecule has 2 aliphatic rings. The lowest BCUT2D eigenvalue weighted by molar-refractivity contribution is 0.0398. The van der Waals surface area contributed by atoms with Gasteiger partial charge in [-0.3, -0.25) is 4.90 Å². The van der Waals surface area contributed by atoms with Gasteiger partial charge in [-0.25, -0.2) is 9.97 Å². The van der Waals surface area contributed by atoms with E-state index < -0.39 is 0 Å². The van der Waals surface area contributed by atoms with Gasteiger partial charge < -0.3 is 14.6 Å². The van der Waals surface area contributed by atoms with Gasteiger partial charge in [0.05, 0.1) is 13.2 Å². The largest absolute Gasteiger partial charge is 0.379 e. The second kappa shape index (κ2) is 6.59. The van der Waals surface area contributed by atoms with Crippen LogP contribution in [-0.4, -0.2) is 64.4 Å². The molecular weight excluding hydrogens is 296 g/mol. The van der Waals surface area contributed by atoms with Gasteiger partial charge in [-0.1, -0.05) is 5.16 Å². The van der Waals surface area contributed by atoms with Crippen LogP contribution < -0.4 is 5.32 Å². The van der Waals surface area contributed by atoms with E-state index in [2.05, 4.69) is 30.3 Å². The maximum atomic E-state index is 5.38. The Bertz CT molecular complexity index is 651. The number of rotatable bonds is 6. The number of aromatic nitrogens is 4. The van der Waals surface area contributed by atoms with Crippen LogP contribution in [0, 0.1) is 0 Å². The van der Waals surface area contributed by atoms with Crippen molar-refractivity contribution in [3.63, 3.8) is 0 Å². The zero-order valence-electron chi connectivity index (χ0n) is 12.9. The van der Waals surface area contributed by atoms with Crippen molar-refractivity contribution < 1.29 is 9.26 Å². The molecule has 0 spiro atoms. The van der Waals surface area contributed by atoms with Crippen molar-refractivity contribution in [1.29, 1.82) is 0 Å². The Morgan fingerprint density at radius 1 is 1.26 bits per heavy atom. The smallest absolute Gasteiger partial charge is 0.263 e. The Kier molecular flexibility index (Phi) is 4.16. The molecule has 23 heavy (non-hydrogen) atoms. The summed E-state index contributed by atoms with van der Waals surface area (Å²) in [5, 5.41) is 7.41. The van der Waals surface area contributed by atoms with Crippen LogP contribution in [0.2, 0.25) is 0 Å². The van der Waals surface area contributed by atoms with Crippen LogP contribution in [0.1, 0.15) is 24.6 Å². The molecule has 4 rings (SSSR count). The number of nitrogens with one attached hydrogen (secondary N) is 1. The van der Waals surface area contributed by atoms with Crippen LogP contribution in [0.5, 0.6) is 0 Å². The van der Waals surface area contributed by atoms with Gasteiger partial charge in [0.2, 0.25) is 0 Å². The quantitative estimate of drug-likeness (QED) is 0.849. The molecule has 1 saturated carbocycles. The Balaban J connectivity index is 1.41. The summed E-state index contributed by atoms with van der Waals surface area (Å²) in [5.41, 5.74) is 0.758. The summed E-state index contributed by atoms with van der Waals surface area (Å²) >= 11 is 0. The van der Waals surface area contributed by atoms with E-state index in [0.717, 1.165) is 69.4 Å². The van der Waals surface area contributed by atoms with Gasteiger partial charge in [0.25, 0.3) is 5.89 Å². The van der Waals surface area contributed by atoms with Gasteiger partial charge in [-0.05, 0) is 12.8 Å². The van der Waals surface area contributed by atoms with Crippen LogP contribution in [0.25, 0.3) is 11.5 Å². The molecule has 122 valence electrons. The van der Waals surface area contributed by atoms with E-state index in [9.17, 15) is 0 Å². The maximum Gasteiger partial charge on any atom is 0.263 e. The molecule has 0 bridgehead atoms. The number of anilines is 1. The fourth-order valence-corrected chi connectivity index (χ4v) is 2.64. The first-order valence-electron chi connectivity index (χ1n) is 8.08. The summed E-state index contributed by atoms with van der Waals surface area (Å²) in [6.07, 6.45) is 5.54. The van der Waals surface area contributed by atoms with Crippen molar-refractivity contribution in [3.05, 3.63) is 18.3 Å². The highest BCUT2D eigenvalue weighted by Crippen LogP contribution is 2.39. The minimum Gasteiger partial charge on any atom is -0.379 e. The third-order valence-corrected chi connectivity index (χ3v) is 4.15. The zero-order chi connectivity index (χ0) is 15.5. The lowest BCUT2D eigenvalue weighted by Crippen LogP contribution is -2.39. The summed E-state index contributed by atoms with van der Waals surface area (Å²) in [7, 11) is 0. The number of ether oxygens (including phenoxy) is 1. The van der Waals surface area contributed by atoms with E-state index in [1.165, 1.54) is 6.33 Å². The van der Waals surface area contributed by atoms with E-state index in [1.54, 1.807) is 6.20 Å². The Hall–Kier alpha value is -2.06. The van der Waals surface area contributed by atoms with Gasteiger partial charge in [-0.2, -0.15) is 4.98 Å². The van der Waals surface area contributed by atoms with Crippen molar-refractivity contribution in [2.24, 2.45) is 0 Å². The summed E-state index contributed by atoms with van der Waals surface area (Å²) in [4.78, 5) is 15.2. The van der Waals surface area contributed by atoms with Gasteiger partial charge in [0, 0.05) is 38.3 Å². The second-order valence-electron chi connectivity index (χ2n) is 5.90. The molecular formula is C15H20N6O2. The van der Waals surface area contributed by atoms with E-state index in [4.69, 9.17) is 9.26 Å². The van der Waals surface area contributed by atoms with Crippen LogP contribution in [0.3, 0.4) is 0 Å². The van der Waals surface area contributed by atoms with Gasteiger partial charge in [-0.15, -0.1) is 0 Å². The molecule has 0 amide bonds. The standard InChI is InChI=1S/C15H20N6O2/c1-2-11(1)13-19-15(23-20-13)12-9-16-10-18-14(12)17-3-4-21-5-7-22-8-6-21/h9-11H,1-8H2,(H,16,17,18). The second-order valence-corrected chi connectivity index (χ2v) is 5.90. The molecule has 3 heterocycles. The van der Waals surface area contributed by atoms with Crippen molar-refractivity contribution >= 4 is 5.82 Å². The topological polar surface area (TPSA) is 89.2 Å². The van der Waals surface area contributed by atoms with Crippen LogP contribution in [0.4, 0.5) is 5.82 Å². The molecule has 0 atom stereocenters. The molecule has 1 aliphatic carbocycles. The fraction of sp³-hybridized carbons (Fsp3) is 0.600. The average Bonchev–Trinajstić information content (AvgIpc) is 3.34. The molecule has 8 nitrogen and oxygen atoms in total. The molecule has 0 radical (unpaired) electrons. The van der Waals surface area contributed by atoms with Gasteiger partial charge in [0.15, 0.2) is 5.82 Å². The summed E-state index contributed by atoms with van der Waals surface area (Å²) < 4.78 is 10.7. The van der Waals surface area contributed by atoms with E-state index >= 15 is 0 Å². The highest BCUT2D eigenvalue weighted by atomic mass is 16.5. The third-order valence-electron chi connectivity index (χ3n) is 4.15. The first kappa shape index (κ1) is 14.5. The van der Waals surface area contributed by atoms with Crippen LogP contribution >= 0.6 is 0 Å². The molecule has 1 N–H and O–H groups in total. The van der Waals surface area contributed by atoms with Crippen molar-refractivity contribution in [2.45, 2.75) is 18.8 Å². The lowest BCUT2D eigenvalue weighted by atomic mass is 10.3. The highest BCUT2D eigenvalue weighted by molar-refractivity contribution is 5.67. The van der Waals surface area contributed by atoms with Crippen molar-refractivity contribution in [2.75, 3.05) is 44.7 Å².